The second kappa shape index (κ2) is 7.25. The van der Waals surface area contributed by atoms with Crippen LogP contribution < -0.4 is 11.1 Å². The molecule has 1 unspecified atom stereocenters. The molecule has 1 amide bonds. The zero-order valence-electron chi connectivity index (χ0n) is 13.9. The number of hydrogen-bond acceptors (Lipinski definition) is 3. The first-order valence-electron chi connectivity index (χ1n) is 8.12. The predicted molar refractivity (Wildman–Crippen MR) is 88.8 cm³/mol. The summed E-state index contributed by atoms with van der Waals surface area (Å²) in [6, 6.07) is 6.56. The van der Waals surface area contributed by atoms with Crippen molar-refractivity contribution in [2.75, 3.05) is 19.8 Å². The van der Waals surface area contributed by atoms with Crippen LogP contribution in [0.5, 0.6) is 0 Å². The third-order valence-electron chi connectivity index (χ3n) is 4.72. The van der Waals surface area contributed by atoms with Gasteiger partial charge < -0.3 is 15.8 Å². The molecule has 122 valence electrons. The Morgan fingerprint density at radius 1 is 1.36 bits per heavy atom. The second-order valence-corrected chi connectivity index (χ2v) is 6.61. The van der Waals surface area contributed by atoms with Crippen molar-refractivity contribution in [3.8, 4) is 0 Å². The Morgan fingerprint density at radius 3 is 2.64 bits per heavy atom. The van der Waals surface area contributed by atoms with Crippen molar-refractivity contribution >= 4 is 5.91 Å². The highest BCUT2D eigenvalue weighted by atomic mass is 16.5. The lowest BCUT2D eigenvalue weighted by atomic mass is 9.79. The number of aryl methyl sites for hydroxylation is 2. The number of carbonyl (C=O) groups is 1. The lowest BCUT2D eigenvalue weighted by Crippen LogP contribution is -2.51. The van der Waals surface area contributed by atoms with E-state index >= 15 is 0 Å². The third-order valence-corrected chi connectivity index (χ3v) is 4.72. The van der Waals surface area contributed by atoms with Crippen molar-refractivity contribution in [2.45, 2.75) is 46.1 Å². The van der Waals surface area contributed by atoms with Gasteiger partial charge in [-0.3, -0.25) is 4.79 Å². The van der Waals surface area contributed by atoms with Crippen LogP contribution in [0, 0.1) is 19.3 Å². The monoisotopic (exact) mass is 304 g/mol. The molecule has 3 N–H and O–H groups in total. The van der Waals surface area contributed by atoms with Crippen molar-refractivity contribution < 1.29 is 9.53 Å². The number of carbonyl (C=O) groups excluding carboxylic acids is 1. The maximum absolute atomic E-state index is 12.6. The number of nitrogens with one attached hydrogen (secondary N) is 1. The molecule has 0 spiro atoms. The van der Waals surface area contributed by atoms with E-state index in [1.807, 2.05) is 0 Å². The highest BCUT2D eigenvalue weighted by Crippen LogP contribution is 2.29. The van der Waals surface area contributed by atoms with Crippen LogP contribution >= 0.6 is 0 Å². The zero-order chi connectivity index (χ0) is 16.2. The molecule has 1 aromatic rings. The van der Waals surface area contributed by atoms with E-state index in [0.29, 0.717) is 32.6 Å². The van der Waals surface area contributed by atoms with E-state index in [9.17, 15) is 4.79 Å². The molecule has 22 heavy (non-hydrogen) atoms. The summed E-state index contributed by atoms with van der Waals surface area (Å²) >= 11 is 0. The van der Waals surface area contributed by atoms with Gasteiger partial charge >= 0.3 is 0 Å². The molecule has 0 bridgehead atoms. The number of amides is 1. The van der Waals surface area contributed by atoms with E-state index < -0.39 is 5.41 Å². The fourth-order valence-corrected chi connectivity index (χ4v) is 3.12. The minimum absolute atomic E-state index is 0.0792. The summed E-state index contributed by atoms with van der Waals surface area (Å²) in [6.07, 6.45) is 2.27. The maximum Gasteiger partial charge on any atom is 0.227 e. The SMILES string of the molecule is Cc1ccc(CC(C)NC(=O)C2(CN)CCOCC2)c(C)c1. The Bertz CT molecular complexity index is 522. The molecule has 2 rings (SSSR count). The van der Waals surface area contributed by atoms with Crippen molar-refractivity contribution in [2.24, 2.45) is 11.1 Å². The lowest BCUT2D eigenvalue weighted by molar-refractivity contribution is -0.136. The van der Waals surface area contributed by atoms with Gasteiger partial charge in [0.05, 0.1) is 5.41 Å². The number of rotatable bonds is 5. The minimum atomic E-state index is -0.450. The van der Waals surface area contributed by atoms with Gasteiger partial charge in [-0.1, -0.05) is 23.8 Å². The van der Waals surface area contributed by atoms with E-state index in [4.69, 9.17) is 10.5 Å². The van der Waals surface area contributed by atoms with Crippen molar-refractivity contribution in [3.05, 3.63) is 34.9 Å². The molecule has 1 aliphatic rings. The summed E-state index contributed by atoms with van der Waals surface area (Å²) in [6.45, 7) is 7.90. The fraction of sp³-hybridized carbons (Fsp3) is 0.611. The fourth-order valence-electron chi connectivity index (χ4n) is 3.12. The van der Waals surface area contributed by atoms with Crippen LogP contribution in [0.1, 0.15) is 36.5 Å². The predicted octanol–water partition coefficient (Wildman–Crippen LogP) is 2.11. The van der Waals surface area contributed by atoms with E-state index in [-0.39, 0.29) is 11.9 Å². The summed E-state index contributed by atoms with van der Waals surface area (Å²) in [4.78, 5) is 12.6. The Labute approximate surface area is 133 Å². The molecule has 1 aromatic carbocycles. The summed E-state index contributed by atoms with van der Waals surface area (Å²) in [5.74, 6) is 0.0792. The third kappa shape index (κ3) is 3.87. The van der Waals surface area contributed by atoms with Crippen LogP contribution in [0.25, 0.3) is 0 Å². The first kappa shape index (κ1) is 17.0. The first-order valence-corrected chi connectivity index (χ1v) is 8.12. The average molecular weight is 304 g/mol. The van der Waals surface area contributed by atoms with Gasteiger partial charge in [-0.2, -0.15) is 0 Å². The molecule has 4 heteroatoms. The van der Waals surface area contributed by atoms with Gasteiger partial charge in [-0.25, -0.2) is 0 Å². The summed E-state index contributed by atoms with van der Waals surface area (Å²) in [5.41, 5.74) is 9.27. The molecule has 1 heterocycles. The van der Waals surface area contributed by atoms with Gasteiger partial charge in [0.1, 0.15) is 0 Å². The zero-order valence-corrected chi connectivity index (χ0v) is 13.9. The lowest BCUT2D eigenvalue weighted by Gasteiger charge is -2.35. The van der Waals surface area contributed by atoms with Crippen LogP contribution in [0.2, 0.25) is 0 Å². The maximum atomic E-state index is 12.6. The van der Waals surface area contributed by atoms with Gasteiger partial charge in [0.15, 0.2) is 0 Å². The standard InChI is InChI=1S/C18H28N2O2/c1-13-4-5-16(14(2)10-13)11-15(3)20-17(21)18(12-19)6-8-22-9-7-18/h4-5,10,15H,6-9,11-12,19H2,1-3H3,(H,20,21). The van der Waals surface area contributed by atoms with Crippen LogP contribution in [-0.4, -0.2) is 31.7 Å². The molecular formula is C18H28N2O2. The number of nitrogens with two attached hydrogens (primary N) is 1. The average Bonchev–Trinajstić information content (AvgIpc) is 2.50. The largest absolute Gasteiger partial charge is 0.381 e. The molecule has 4 nitrogen and oxygen atoms in total. The van der Waals surface area contributed by atoms with E-state index in [2.05, 4.69) is 44.3 Å². The van der Waals surface area contributed by atoms with Crippen LogP contribution in [0.15, 0.2) is 18.2 Å². The molecule has 1 aliphatic heterocycles. The van der Waals surface area contributed by atoms with Crippen molar-refractivity contribution in [1.29, 1.82) is 0 Å². The van der Waals surface area contributed by atoms with Crippen LogP contribution in [0.4, 0.5) is 0 Å². The molecule has 1 atom stereocenters. The number of hydrogen-bond donors (Lipinski definition) is 2. The topological polar surface area (TPSA) is 64.4 Å². The summed E-state index contributed by atoms with van der Waals surface area (Å²) < 4.78 is 5.37. The van der Waals surface area contributed by atoms with E-state index in [1.165, 1.54) is 16.7 Å². The van der Waals surface area contributed by atoms with Crippen LogP contribution in [0.3, 0.4) is 0 Å². The van der Waals surface area contributed by atoms with Crippen LogP contribution in [-0.2, 0) is 16.0 Å². The Balaban J connectivity index is 1.98. The number of benzene rings is 1. The molecule has 1 saturated heterocycles. The smallest absolute Gasteiger partial charge is 0.227 e. The van der Waals surface area contributed by atoms with Gasteiger partial charge in [-0.15, -0.1) is 0 Å². The first-order chi connectivity index (χ1) is 10.5. The molecule has 0 saturated carbocycles. The molecule has 1 fully saturated rings. The van der Waals surface area contributed by atoms with Crippen molar-refractivity contribution in [1.82, 2.24) is 5.32 Å². The highest BCUT2D eigenvalue weighted by molar-refractivity contribution is 5.83. The van der Waals surface area contributed by atoms with E-state index in [0.717, 1.165) is 6.42 Å². The molecule has 0 radical (unpaired) electrons. The Hall–Kier alpha value is -1.39. The molecular weight excluding hydrogens is 276 g/mol. The van der Waals surface area contributed by atoms with E-state index in [1.54, 1.807) is 0 Å². The molecule has 0 aromatic heterocycles. The van der Waals surface area contributed by atoms with Gasteiger partial charge in [0.25, 0.3) is 0 Å². The van der Waals surface area contributed by atoms with Gasteiger partial charge in [0.2, 0.25) is 5.91 Å². The highest BCUT2D eigenvalue weighted by Gasteiger charge is 2.39. The Morgan fingerprint density at radius 2 is 2.05 bits per heavy atom. The minimum Gasteiger partial charge on any atom is -0.381 e. The normalized spacial score (nSPS) is 18.7. The quantitative estimate of drug-likeness (QED) is 0.875. The van der Waals surface area contributed by atoms with Crippen molar-refractivity contribution in [3.63, 3.8) is 0 Å². The summed E-state index contributed by atoms with van der Waals surface area (Å²) in [7, 11) is 0. The Kier molecular flexibility index (Phi) is 5.59. The van der Waals surface area contributed by atoms with Gasteiger partial charge in [0, 0.05) is 25.8 Å². The second-order valence-electron chi connectivity index (χ2n) is 6.61. The van der Waals surface area contributed by atoms with Gasteiger partial charge in [-0.05, 0) is 51.2 Å². The molecule has 0 aliphatic carbocycles. The number of ether oxygens (including phenoxy) is 1. The summed E-state index contributed by atoms with van der Waals surface area (Å²) in [5, 5.41) is 3.16.